The second kappa shape index (κ2) is 8.57. The number of methoxy groups -OCH3 is 1. The van der Waals surface area contributed by atoms with E-state index in [-0.39, 0.29) is 35.8 Å². The molecule has 1 amide bonds. The minimum Gasteiger partial charge on any atom is -0.510 e. The van der Waals surface area contributed by atoms with Gasteiger partial charge >= 0.3 is 0 Å². The molecule has 0 bridgehead atoms. The minimum absolute atomic E-state index is 0.00624. The number of hydrogen-bond donors (Lipinski definition) is 6. The fourth-order valence-corrected chi connectivity index (χ4v) is 6.83. The van der Waals surface area contributed by atoms with Crippen LogP contribution < -0.4 is 16.2 Å². The van der Waals surface area contributed by atoms with E-state index in [1.165, 1.54) is 13.2 Å². The Hall–Kier alpha value is -3.41. The van der Waals surface area contributed by atoms with Crippen LogP contribution in [0.5, 0.6) is 11.5 Å². The van der Waals surface area contributed by atoms with E-state index in [1.54, 1.807) is 0 Å². The molecule has 0 spiro atoms. The molecule has 5 atom stereocenters. The van der Waals surface area contributed by atoms with Crippen molar-refractivity contribution in [3.63, 3.8) is 0 Å². The predicted octanol–water partition coefficient (Wildman–Crippen LogP) is 0.683. The number of hydrogen-bond acceptors (Lipinski definition) is 10. The largest absolute Gasteiger partial charge is 0.510 e. The summed E-state index contributed by atoms with van der Waals surface area (Å²) in [6.07, 6.45) is 1.96. The maximum absolute atomic E-state index is 13.7. The van der Waals surface area contributed by atoms with Crippen LogP contribution in [0.25, 0.3) is 0 Å². The normalized spacial score (nSPS) is 31.8. The van der Waals surface area contributed by atoms with Crippen LogP contribution in [-0.2, 0) is 16.0 Å². The number of fused-ring (bicyclic) bond motifs is 3. The first kappa shape index (κ1) is 25.2. The highest BCUT2D eigenvalue weighted by atomic mass is 16.5. The molecule has 3 aliphatic carbocycles. The molecule has 37 heavy (non-hydrogen) atoms. The van der Waals surface area contributed by atoms with E-state index in [9.17, 15) is 34.8 Å². The molecule has 8 N–H and O–H groups in total. The van der Waals surface area contributed by atoms with Crippen LogP contribution >= 0.6 is 0 Å². The number of allylic oxidation sites excluding steroid dienone is 1. The van der Waals surface area contributed by atoms with E-state index in [1.807, 2.05) is 0 Å². The van der Waals surface area contributed by atoms with Gasteiger partial charge in [0.25, 0.3) is 5.91 Å². The Kier molecular flexibility index (Phi) is 5.85. The third kappa shape index (κ3) is 3.27. The van der Waals surface area contributed by atoms with Crippen molar-refractivity contribution >= 4 is 17.5 Å². The lowest BCUT2D eigenvalue weighted by Crippen LogP contribution is -2.63. The standard InChI is InChI=1S/C26H31N3O8/c1-3-29-6-4-5-14(29)11-9-15(30)17-12(22(11)37-2)7-10-8-13-19(27)21(32)18(25(28)35)24(34)26(13,36)23(33)16(10)20(17)31/h9-10,13-14,19,30,32-33,36H,3-8,27H2,1-2H3,(H2,28,35)/t10-,13-,14-,19+,26-/m0/s1. The molecule has 5 rings (SSSR count). The zero-order valence-corrected chi connectivity index (χ0v) is 20.7. The Balaban J connectivity index is 1.68. The average molecular weight is 514 g/mol. The zero-order chi connectivity index (χ0) is 27.0. The summed E-state index contributed by atoms with van der Waals surface area (Å²) in [7, 11) is 1.50. The molecule has 0 unspecified atom stereocenters. The van der Waals surface area contributed by atoms with Gasteiger partial charge in [0.15, 0.2) is 11.4 Å². The number of ether oxygens (including phenoxy) is 1. The Morgan fingerprint density at radius 2 is 1.97 bits per heavy atom. The Morgan fingerprint density at radius 1 is 1.27 bits per heavy atom. The summed E-state index contributed by atoms with van der Waals surface area (Å²) in [5, 5.41) is 44.1. The lowest BCUT2D eigenvalue weighted by Gasteiger charge is -2.47. The number of aliphatic hydroxyl groups is 3. The number of benzene rings is 1. The predicted molar refractivity (Wildman–Crippen MR) is 130 cm³/mol. The summed E-state index contributed by atoms with van der Waals surface area (Å²) in [6.45, 7) is 3.77. The number of likely N-dealkylation sites (tertiary alicyclic amines) is 1. The molecule has 4 aliphatic rings. The van der Waals surface area contributed by atoms with Crippen molar-refractivity contribution in [1.29, 1.82) is 0 Å². The van der Waals surface area contributed by atoms with Gasteiger partial charge in [0.05, 0.1) is 18.7 Å². The molecule has 11 heteroatoms. The number of nitrogens with zero attached hydrogens (tertiary/aromatic N) is 1. The van der Waals surface area contributed by atoms with Gasteiger partial charge in [-0.1, -0.05) is 6.92 Å². The molecule has 1 aromatic carbocycles. The molecular weight excluding hydrogens is 482 g/mol. The molecule has 0 radical (unpaired) electrons. The van der Waals surface area contributed by atoms with E-state index in [2.05, 4.69) is 11.8 Å². The summed E-state index contributed by atoms with van der Waals surface area (Å²) in [6, 6.07) is 0.135. The number of rotatable bonds is 4. The monoisotopic (exact) mass is 513 g/mol. The van der Waals surface area contributed by atoms with Crippen LogP contribution in [0, 0.1) is 11.8 Å². The molecule has 1 aliphatic heterocycles. The van der Waals surface area contributed by atoms with Crippen LogP contribution in [0.2, 0.25) is 0 Å². The number of carbonyl (C=O) groups is 3. The van der Waals surface area contributed by atoms with E-state index < -0.39 is 58.0 Å². The average Bonchev–Trinajstić information content (AvgIpc) is 3.33. The summed E-state index contributed by atoms with van der Waals surface area (Å²) in [4.78, 5) is 41.0. The van der Waals surface area contributed by atoms with Crippen molar-refractivity contribution in [2.45, 2.75) is 50.3 Å². The van der Waals surface area contributed by atoms with Crippen LogP contribution in [-0.4, -0.2) is 74.6 Å². The highest BCUT2D eigenvalue weighted by Crippen LogP contribution is 2.53. The zero-order valence-electron chi connectivity index (χ0n) is 20.7. The number of phenols is 1. The lowest BCUT2D eigenvalue weighted by molar-refractivity contribution is -0.145. The lowest BCUT2D eigenvalue weighted by atomic mass is 9.59. The van der Waals surface area contributed by atoms with Gasteiger partial charge < -0.3 is 36.6 Å². The van der Waals surface area contributed by atoms with Gasteiger partial charge in [-0.2, -0.15) is 0 Å². The fraction of sp³-hybridized carbons (Fsp3) is 0.500. The number of nitrogens with two attached hydrogens (primary N) is 2. The van der Waals surface area contributed by atoms with Crippen LogP contribution in [0.15, 0.2) is 28.7 Å². The first-order valence-corrected chi connectivity index (χ1v) is 12.4. The summed E-state index contributed by atoms with van der Waals surface area (Å²) in [5.74, 6) is -6.80. The minimum atomic E-state index is -2.72. The van der Waals surface area contributed by atoms with Crippen LogP contribution in [0.4, 0.5) is 0 Å². The van der Waals surface area contributed by atoms with E-state index >= 15 is 0 Å². The van der Waals surface area contributed by atoms with E-state index in [0.717, 1.165) is 31.5 Å². The molecule has 0 aromatic heterocycles. The van der Waals surface area contributed by atoms with Gasteiger partial charge in [0.2, 0.25) is 5.78 Å². The van der Waals surface area contributed by atoms with Crippen molar-refractivity contribution in [2.75, 3.05) is 20.2 Å². The van der Waals surface area contributed by atoms with Gasteiger partial charge in [-0.05, 0) is 50.8 Å². The molecular formula is C26H31N3O8. The smallest absolute Gasteiger partial charge is 0.255 e. The quantitative estimate of drug-likeness (QED) is 0.311. The number of amides is 1. The highest BCUT2D eigenvalue weighted by molar-refractivity contribution is 6.24. The SMILES string of the molecule is CCN1CCC[C@H]1c1cc(O)c2c(c1OC)C[C@H]1C[C@H]3[C@@H](N)C(O)=C(C(N)=O)C(=O)[C@@]3(O)C(O)=C1C2=O. The van der Waals surface area contributed by atoms with Crippen molar-refractivity contribution in [1.82, 2.24) is 4.90 Å². The van der Waals surface area contributed by atoms with Gasteiger partial charge in [-0.25, -0.2) is 0 Å². The Labute approximate surface area is 213 Å². The fourth-order valence-electron chi connectivity index (χ4n) is 6.83. The third-order valence-electron chi connectivity index (χ3n) is 8.57. The summed E-state index contributed by atoms with van der Waals surface area (Å²) < 4.78 is 5.79. The summed E-state index contributed by atoms with van der Waals surface area (Å²) >= 11 is 0. The van der Waals surface area contributed by atoms with Crippen molar-refractivity contribution in [2.24, 2.45) is 23.3 Å². The van der Waals surface area contributed by atoms with Gasteiger partial charge in [0.1, 0.15) is 28.6 Å². The van der Waals surface area contributed by atoms with Gasteiger partial charge in [-0.3, -0.25) is 19.3 Å². The summed E-state index contributed by atoms with van der Waals surface area (Å²) in [5.41, 5.74) is 8.67. The number of aromatic hydroxyl groups is 1. The second-order valence-electron chi connectivity index (χ2n) is 10.2. The third-order valence-corrected chi connectivity index (χ3v) is 8.57. The van der Waals surface area contributed by atoms with E-state index in [0.29, 0.717) is 11.3 Å². The topological polar surface area (TPSA) is 197 Å². The molecule has 11 nitrogen and oxygen atoms in total. The first-order valence-electron chi connectivity index (χ1n) is 12.4. The molecule has 1 saturated heterocycles. The van der Waals surface area contributed by atoms with Crippen molar-refractivity contribution in [3.8, 4) is 11.5 Å². The maximum Gasteiger partial charge on any atom is 0.255 e. The molecule has 1 heterocycles. The number of Topliss-reactive ketones (excluding diaryl/α,β-unsaturated/α-hetero) is 2. The molecule has 1 fully saturated rings. The van der Waals surface area contributed by atoms with E-state index in [4.69, 9.17) is 16.2 Å². The number of carbonyl (C=O) groups excluding carboxylic acids is 3. The van der Waals surface area contributed by atoms with Gasteiger partial charge in [0, 0.05) is 28.7 Å². The molecule has 1 aromatic rings. The van der Waals surface area contributed by atoms with Gasteiger partial charge in [-0.15, -0.1) is 0 Å². The van der Waals surface area contributed by atoms with Crippen molar-refractivity contribution in [3.05, 3.63) is 45.4 Å². The highest BCUT2D eigenvalue weighted by Gasteiger charge is 2.62. The maximum atomic E-state index is 13.7. The first-order chi connectivity index (χ1) is 17.5. The number of primary amides is 1. The molecule has 198 valence electrons. The number of aliphatic hydroxyl groups excluding tert-OH is 2. The Bertz CT molecular complexity index is 1300. The molecule has 0 saturated carbocycles. The number of ketones is 2. The van der Waals surface area contributed by atoms with Crippen LogP contribution in [0.3, 0.4) is 0 Å². The Morgan fingerprint density at radius 3 is 2.59 bits per heavy atom. The second-order valence-corrected chi connectivity index (χ2v) is 10.2. The van der Waals surface area contributed by atoms with Crippen molar-refractivity contribution < 1.29 is 39.5 Å². The van der Waals surface area contributed by atoms with Crippen LogP contribution in [0.1, 0.15) is 53.7 Å². The number of phenolic OH excluding ortho intramolecular Hbond substituents is 1.